The number of esters is 1. The topological polar surface area (TPSA) is 55.4 Å². The van der Waals surface area contributed by atoms with Gasteiger partial charge in [-0.25, -0.2) is 4.79 Å². The first-order valence-corrected chi connectivity index (χ1v) is 7.20. The van der Waals surface area contributed by atoms with Crippen molar-refractivity contribution in [2.75, 3.05) is 13.2 Å². The van der Waals surface area contributed by atoms with Gasteiger partial charge in [-0.2, -0.15) is 0 Å². The van der Waals surface area contributed by atoms with Crippen molar-refractivity contribution in [1.82, 2.24) is 5.32 Å². The highest BCUT2D eigenvalue weighted by Crippen LogP contribution is 2.11. The Labute approximate surface area is 115 Å². The average molecular weight is 267 g/mol. The number of carbonyl (C=O) groups excluding carboxylic acids is 2. The highest BCUT2D eigenvalue weighted by molar-refractivity contribution is 5.86. The van der Waals surface area contributed by atoms with E-state index in [2.05, 4.69) is 11.9 Å². The van der Waals surface area contributed by atoms with Crippen LogP contribution in [0.3, 0.4) is 0 Å². The maximum Gasteiger partial charge on any atom is 0.333 e. The molecule has 0 saturated carbocycles. The number of unbranched alkanes of at least 4 members (excludes halogenated alkanes) is 3. The van der Waals surface area contributed by atoms with Crippen molar-refractivity contribution in [2.24, 2.45) is 0 Å². The van der Waals surface area contributed by atoms with Crippen molar-refractivity contribution in [2.45, 2.75) is 57.9 Å². The minimum Gasteiger partial charge on any atom is -0.462 e. The van der Waals surface area contributed by atoms with E-state index >= 15 is 0 Å². The molecule has 0 aromatic carbocycles. The molecule has 108 valence electrons. The van der Waals surface area contributed by atoms with Crippen LogP contribution in [0.25, 0.3) is 0 Å². The van der Waals surface area contributed by atoms with Gasteiger partial charge in [0.2, 0.25) is 0 Å². The zero-order valence-electron chi connectivity index (χ0n) is 11.9. The second-order valence-electron chi connectivity index (χ2n) is 5.20. The molecule has 0 bridgehead atoms. The molecule has 1 aliphatic heterocycles. The molecule has 1 heterocycles. The Morgan fingerprint density at radius 2 is 2.00 bits per heavy atom. The van der Waals surface area contributed by atoms with Gasteiger partial charge in [0.1, 0.15) is 5.78 Å². The summed E-state index contributed by atoms with van der Waals surface area (Å²) in [6, 6.07) is 0.108. The smallest absolute Gasteiger partial charge is 0.333 e. The van der Waals surface area contributed by atoms with Crippen LogP contribution in [0.2, 0.25) is 0 Å². The van der Waals surface area contributed by atoms with Crippen LogP contribution < -0.4 is 5.32 Å². The van der Waals surface area contributed by atoms with Gasteiger partial charge in [0.25, 0.3) is 0 Å². The largest absolute Gasteiger partial charge is 0.462 e. The molecule has 0 aromatic heterocycles. The Morgan fingerprint density at radius 1 is 1.26 bits per heavy atom. The minimum atomic E-state index is -0.317. The zero-order valence-corrected chi connectivity index (χ0v) is 11.9. The number of ether oxygens (including phenoxy) is 1. The molecule has 1 N–H and O–H groups in total. The van der Waals surface area contributed by atoms with E-state index in [1.165, 1.54) is 0 Å². The van der Waals surface area contributed by atoms with Gasteiger partial charge >= 0.3 is 5.97 Å². The van der Waals surface area contributed by atoms with Gasteiger partial charge in [0.15, 0.2) is 0 Å². The number of nitrogens with one attached hydrogen (secondary N) is 1. The molecule has 1 aliphatic rings. The summed E-state index contributed by atoms with van der Waals surface area (Å²) in [5.74, 6) is 0.0358. The van der Waals surface area contributed by atoms with Crippen LogP contribution in [0.4, 0.5) is 0 Å². The first kappa shape index (κ1) is 15.9. The van der Waals surface area contributed by atoms with E-state index in [9.17, 15) is 9.59 Å². The Morgan fingerprint density at radius 3 is 2.63 bits per heavy atom. The predicted molar refractivity (Wildman–Crippen MR) is 74.9 cm³/mol. The SMILES string of the molecule is C=C(C)C(=O)OCCCCCCC(=O)[C@@H]1CCCN1. The molecular formula is C15H25NO3. The average Bonchev–Trinajstić information content (AvgIpc) is 2.90. The Hall–Kier alpha value is -1.16. The Kier molecular flexibility index (Phi) is 7.41. The summed E-state index contributed by atoms with van der Waals surface area (Å²) in [5, 5.41) is 3.23. The third-order valence-electron chi connectivity index (χ3n) is 3.35. The highest BCUT2D eigenvalue weighted by Gasteiger charge is 2.20. The lowest BCUT2D eigenvalue weighted by atomic mass is 10.0. The standard InChI is InChI=1S/C15H25NO3/c1-12(2)15(18)19-11-6-4-3-5-9-14(17)13-8-7-10-16-13/h13,16H,1,3-11H2,2H3/t13-/m0/s1. The number of rotatable bonds is 9. The summed E-state index contributed by atoms with van der Waals surface area (Å²) in [5.41, 5.74) is 0.440. The van der Waals surface area contributed by atoms with Crippen LogP contribution >= 0.6 is 0 Å². The van der Waals surface area contributed by atoms with Gasteiger partial charge in [-0.1, -0.05) is 19.4 Å². The van der Waals surface area contributed by atoms with E-state index in [-0.39, 0.29) is 12.0 Å². The summed E-state index contributed by atoms with van der Waals surface area (Å²) in [6.45, 7) is 6.59. The molecular weight excluding hydrogens is 242 g/mol. The lowest BCUT2D eigenvalue weighted by molar-refractivity contribution is -0.139. The summed E-state index contributed by atoms with van der Waals surface area (Å²) < 4.78 is 5.00. The van der Waals surface area contributed by atoms with Gasteiger partial charge < -0.3 is 10.1 Å². The molecule has 0 amide bonds. The van der Waals surface area contributed by atoms with Gasteiger partial charge in [-0.15, -0.1) is 0 Å². The monoisotopic (exact) mass is 267 g/mol. The van der Waals surface area contributed by atoms with E-state index in [0.717, 1.165) is 45.1 Å². The maximum absolute atomic E-state index is 11.8. The molecule has 4 nitrogen and oxygen atoms in total. The third kappa shape index (κ3) is 6.53. The molecule has 0 aliphatic carbocycles. The molecule has 0 radical (unpaired) electrons. The number of hydrogen-bond acceptors (Lipinski definition) is 4. The lowest BCUT2D eigenvalue weighted by Gasteiger charge is -2.08. The summed E-state index contributed by atoms with van der Waals surface area (Å²) in [4.78, 5) is 22.9. The van der Waals surface area contributed by atoms with Crippen molar-refractivity contribution >= 4 is 11.8 Å². The second-order valence-corrected chi connectivity index (χ2v) is 5.20. The molecule has 1 fully saturated rings. The normalized spacial score (nSPS) is 18.3. The maximum atomic E-state index is 11.8. The van der Waals surface area contributed by atoms with Gasteiger partial charge in [-0.05, 0) is 39.2 Å². The number of Topliss-reactive ketones (excluding diaryl/α,β-unsaturated/α-hetero) is 1. The Bertz CT molecular complexity index is 319. The summed E-state index contributed by atoms with van der Waals surface area (Å²) in [6.07, 6.45) is 6.58. The predicted octanol–water partition coefficient (Wildman–Crippen LogP) is 2.38. The van der Waals surface area contributed by atoms with Crippen molar-refractivity contribution < 1.29 is 14.3 Å². The van der Waals surface area contributed by atoms with Crippen LogP contribution in [0.5, 0.6) is 0 Å². The van der Waals surface area contributed by atoms with Crippen molar-refractivity contribution in [1.29, 1.82) is 0 Å². The molecule has 1 atom stereocenters. The molecule has 1 saturated heterocycles. The van der Waals surface area contributed by atoms with Gasteiger partial charge in [0, 0.05) is 12.0 Å². The van der Waals surface area contributed by atoms with Gasteiger partial charge in [-0.3, -0.25) is 4.79 Å². The van der Waals surface area contributed by atoms with Crippen molar-refractivity contribution in [3.63, 3.8) is 0 Å². The fraction of sp³-hybridized carbons (Fsp3) is 0.733. The van der Waals surface area contributed by atoms with Crippen LogP contribution in [0.15, 0.2) is 12.2 Å². The Balaban J connectivity index is 1.92. The first-order valence-electron chi connectivity index (χ1n) is 7.20. The van der Waals surface area contributed by atoms with Crippen molar-refractivity contribution in [3.8, 4) is 0 Å². The molecule has 4 heteroatoms. The van der Waals surface area contributed by atoms with E-state index < -0.39 is 0 Å². The summed E-state index contributed by atoms with van der Waals surface area (Å²) in [7, 11) is 0. The fourth-order valence-corrected chi connectivity index (χ4v) is 2.18. The summed E-state index contributed by atoms with van der Waals surface area (Å²) >= 11 is 0. The van der Waals surface area contributed by atoms with Crippen LogP contribution in [-0.2, 0) is 14.3 Å². The lowest BCUT2D eigenvalue weighted by Crippen LogP contribution is -2.30. The van der Waals surface area contributed by atoms with Crippen LogP contribution in [0, 0.1) is 0 Å². The molecule has 0 unspecified atom stereocenters. The van der Waals surface area contributed by atoms with E-state index in [1.807, 2.05) is 0 Å². The molecule has 19 heavy (non-hydrogen) atoms. The van der Waals surface area contributed by atoms with E-state index in [4.69, 9.17) is 4.74 Å². The van der Waals surface area contributed by atoms with Gasteiger partial charge in [0.05, 0.1) is 12.6 Å². The minimum absolute atomic E-state index is 0.108. The molecule has 0 aromatic rings. The number of hydrogen-bond donors (Lipinski definition) is 1. The molecule has 0 spiro atoms. The highest BCUT2D eigenvalue weighted by atomic mass is 16.5. The van der Waals surface area contributed by atoms with Crippen LogP contribution in [-0.4, -0.2) is 30.9 Å². The third-order valence-corrected chi connectivity index (χ3v) is 3.35. The molecule has 1 rings (SSSR count). The van der Waals surface area contributed by atoms with Crippen LogP contribution in [0.1, 0.15) is 51.9 Å². The van der Waals surface area contributed by atoms with E-state index in [0.29, 0.717) is 24.4 Å². The fourth-order valence-electron chi connectivity index (χ4n) is 2.18. The second kappa shape index (κ2) is 8.86. The van der Waals surface area contributed by atoms with Crippen molar-refractivity contribution in [3.05, 3.63) is 12.2 Å². The number of ketones is 1. The quantitative estimate of drug-likeness (QED) is 0.396. The van der Waals surface area contributed by atoms with E-state index in [1.54, 1.807) is 6.92 Å². The zero-order chi connectivity index (χ0) is 14.1. The first-order chi connectivity index (χ1) is 9.11. The number of carbonyl (C=O) groups is 2.